The molecule has 2 rings (SSSR count). The molecule has 0 fully saturated rings. The number of ether oxygens (including phenoxy) is 1. The number of hydrogen-bond acceptors (Lipinski definition) is 3. The van der Waals surface area contributed by atoms with Crippen molar-refractivity contribution in [2.24, 2.45) is 0 Å². The van der Waals surface area contributed by atoms with Gasteiger partial charge < -0.3 is 4.74 Å². The van der Waals surface area contributed by atoms with E-state index in [0.29, 0.717) is 38.9 Å². The quantitative estimate of drug-likeness (QED) is 0.617. The van der Waals surface area contributed by atoms with Crippen molar-refractivity contribution in [2.75, 3.05) is 7.11 Å². The number of hydrogen-bond donors (Lipinski definition) is 0. The van der Waals surface area contributed by atoms with Crippen LogP contribution in [0.15, 0.2) is 24.4 Å². The fourth-order valence-electron chi connectivity index (χ4n) is 1.61. The normalized spacial score (nSPS) is 10.3. The maximum Gasteiger partial charge on any atom is 0.221 e. The second kappa shape index (κ2) is 5.78. The van der Waals surface area contributed by atoms with Gasteiger partial charge in [-0.25, -0.2) is 4.98 Å². The fraction of sp³-hybridized carbons (Fsp3) is 0.0769. The number of carbonyl (C=O) groups excluding carboxylic acids is 1. The Morgan fingerprint density at radius 1 is 1.16 bits per heavy atom. The van der Waals surface area contributed by atoms with Gasteiger partial charge in [-0.3, -0.25) is 4.79 Å². The van der Waals surface area contributed by atoms with Crippen molar-refractivity contribution < 1.29 is 9.53 Å². The van der Waals surface area contributed by atoms with Crippen LogP contribution in [0.5, 0.6) is 5.88 Å². The van der Waals surface area contributed by atoms with E-state index in [1.54, 1.807) is 18.2 Å². The topological polar surface area (TPSA) is 39.2 Å². The molecule has 1 aromatic heterocycles. The molecule has 0 saturated heterocycles. The summed E-state index contributed by atoms with van der Waals surface area (Å²) in [6, 6.07) is 4.93. The maximum atomic E-state index is 10.8. The van der Waals surface area contributed by atoms with Crippen LogP contribution in [-0.2, 0) is 0 Å². The van der Waals surface area contributed by atoms with Gasteiger partial charge >= 0.3 is 0 Å². The van der Waals surface area contributed by atoms with Crippen LogP contribution in [0.4, 0.5) is 0 Å². The van der Waals surface area contributed by atoms with E-state index < -0.39 is 0 Å². The van der Waals surface area contributed by atoms with Gasteiger partial charge in [0, 0.05) is 17.3 Å². The van der Waals surface area contributed by atoms with E-state index in [-0.39, 0.29) is 5.02 Å². The molecule has 0 aliphatic carbocycles. The number of aldehydes is 1. The zero-order valence-electron chi connectivity index (χ0n) is 9.78. The summed E-state index contributed by atoms with van der Waals surface area (Å²) in [6.45, 7) is 0. The lowest BCUT2D eigenvalue weighted by molar-refractivity contribution is 0.112. The summed E-state index contributed by atoms with van der Waals surface area (Å²) in [5, 5.41) is 0.927. The molecule has 6 heteroatoms. The predicted molar refractivity (Wildman–Crippen MR) is 76.6 cm³/mol. The van der Waals surface area contributed by atoms with Crippen molar-refractivity contribution >= 4 is 41.1 Å². The summed E-state index contributed by atoms with van der Waals surface area (Å²) in [4.78, 5) is 14.9. The first-order chi connectivity index (χ1) is 9.06. The molecule has 0 spiro atoms. The number of rotatable bonds is 3. The standard InChI is InChI=1S/C13H8Cl3NO2/c1-19-13-9(2-7(6-18)5-17-13)8-3-10(14)12(16)11(15)4-8/h2-6H,1H3. The Bertz CT molecular complexity index is 621. The molecular weight excluding hydrogens is 309 g/mol. The highest BCUT2D eigenvalue weighted by molar-refractivity contribution is 6.48. The fourth-order valence-corrected chi connectivity index (χ4v) is 2.21. The highest BCUT2D eigenvalue weighted by Gasteiger charge is 2.13. The van der Waals surface area contributed by atoms with Gasteiger partial charge in [-0.2, -0.15) is 0 Å². The molecule has 0 aliphatic rings. The lowest BCUT2D eigenvalue weighted by Gasteiger charge is -2.10. The van der Waals surface area contributed by atoms with Crippen molar-refractivity contribution in [3.05, 3.63) is 45.0 Å². The third kappa shape index (κ3) is 2.84. The Morgan fingerprint density at radius 2 is 1.79 bits per heavy atom. The Morgan fingerprint density at radius 3 is 2.32 bits per heavy atom. The van der Waals surface area contributed by atoms with E-state index in [4.69, 9.17) is 39.5 Å². The predicted octanol–water partition coefficient (Wildman–Crippen LogP) is 4.53. The minimum absolute atomic E-state index is 0.283. The molecule has 1 aromatic carbocycles. The lowest BCUT2D eigenvalue weighted by Crippen LogP contribution is -1.94. The molecule has 3 nitrogen and oxygen atoms in total. The first-order valence-corrected chi connectivity index (χ1v) is 6.34. The van der Waals surface area contributed by atoms with E-state index in [1.165, 1.54) is 13.3 Å². The summed E-state index contributed by atoms with van der Waals surface area (Å²) < 4.78 is 5.16. The Balaban J connectivity index is 2.66. The zero-order chi connectivity index (χ0) is 14.0. The van der Waals surface area contributed by atoms with Crippen molar-refractivity contribution in [3.63, 3.8) is 0 Å². The summed E-state index contributed by atoms with van der Waals surface area (Å²) in [7, 11) is 1.49. The lowest BCUT2D eigenvalue weighted by atomic mass is 10.1. The molecule has 0 N–H and O–H groups in total. The highest BCUT2D eigenvalue weighted by atomic mass is 35.5. The number of halogens is 3. The Labute approximate surface area is 125 Å². The third-order valence-corrected chi connectivity index (χ3v) is 3.69. The van der Waals surface area contributed by atoms with E-state index in [0.717, 1.165) is 0 Å². The van der Waals surface area contributed by atoms with Gasteiger partial charge in [0.05, 0.1) is 22.2 Å². The summed E-state index contributed by atoms with van der Waals surface area (Å²) in [5.41, 5.74) is 1.72. The largest absolute Gasteiger partial charge is 0.481 e. The van der Waals surface area contributed by atoms with Crippen LogP contribution in [-0.4, -0.2) is 18.4 Å². The molecule has 0 radical (unpaired) electrons. The average molecular weight is 317 g/mol. The smallest absolute Gasteiger partial charge is 0.221 e. The van der Waals surface area contributed by atoms with Crippen LogP contribution < -0.4 is 4.74 Å². The third-order valence-electron chi connectivity index (χ3n) is 2.50. The van der Waals surface area contributed by atoms with E-state index >= 15 is 0 Å². The Kier molecular flexibility index (Phi) is 4.30. The highest BCUT2D eigenvalue weighted by Crippen LogP contribution is 2.37. The van der Waals surface area contributed by atoms with Crippen LogP contribution in [0.25, 0.3) is 11.1 Å². The van der Waals surface area contributed by atoms with Gasteiger partial charge in [0.15, 0.2) is 6.29 Å². The van der Waals surface area contributed by atoms with Gasteiger partial charge in [0.2, 0.25) is 5.88 Å². The van der Waals surface area contributed by atoms with Crippen LogP contribution in [0, 0.1) is 0 Å². The molecule has 0 saturated carbocycles. The minimum atomic E-state index is 0.283. The van der Waals surface area contributed by atoms with Gasteiger partial charge in [-0.15, -0.1) is 0 Å². The second-order valence-corrected chi connectivity index (χ2v) is 4.89. The van der Waals surface area contributed by atoms with E-state index in [1.807, 2.05) is 0 Å². The van der Waals surface area contributed by atoms with E-state index in [2.05, 4.69) is 4.98 Å². The van der Waals surface area contributed by atoms with Crippen molar-refractivity contribution in [3.8, 4) is 17.0 Å². The van der Waals surface area contributed by atoms with Crippen LogP contribution in [0.1, 0.15) is 10.4 Å². The number of benzene rings is 1. The molecule has 0 bridgehead atoms. The number of pyridine rings is 1. The second-order valence-electron chi connectivity index (χ2n) is 3.70. The summed E-state index contributed by atoms with van der Waals surface area (Å²) in [5.74, 6) is 0.375. The number of aromatic nitrogens is 1. The molecule has 1 heterocycles. The molecule has 0 aliphatic heterocycles. The maximum absolute atomic E-state index is 10.8. The van der Waals surface area contributed by atoms with Gasteiger partial charge in [0.25, 0.3) is 0 Å². The average Bonchev–Trinajstić information content (AvgIpc) is 2.43. The van der Waals surface area contributed by atoms with Gasteiger partial charge in [0.1, 0.15) is 0 Å². The molecular formula is C13H8Cl3NO2. The monoisotopic (exact) mass is 315 g/mol. The zero-order valence-corrected chi connectivity index (χ0v) is 12.1. The molecule has 19 heavy (non-hydrogen) atoms. The first kappa shape index (κ1) is 14.1. The number of nitrogens with zero attached hydrogens (tertiary/aromatic N) is 1. The molecule has 0 amide bonds. The van der Waals surface area contributed by atoms with Crippen molar-refractivity contribution in [1.82, 2.24) is 4.98 Å². The molecule has 0 atom stereocenters. The first-order valence-electron chi connectivity index (χ1n) is 5.21. The van der Waals surface area contributed by atoms with E-state index in [9.17, 15) is 4.79 Å². The molecule has 0 unspecified atom stereocenters. The Hall–Kier alpha value is -1.29. The summed E-state index contributed by atoms with van der Waals surface area (Å²) >= 11 is 17.9. The SMILES string of the molecule is COc1ncc(C=O)cc1-c1cc(Cl)c(Cl)c(Cl)c1. The van der Waals surface area contributed by atoms with Gasteiger partial charge in [-0.1, -0.05) is 34.8 Å². The number of carbonyl (C=O) groups is 1. The van der Waals surface area contributed by atoms with Crippen molar-refractivity contribution in [2.45, 2.75) is 0 Å². The minimum Gasteiger partial charge on any atom is -0.481 e. The summed E-state index contributed by atoms with van der Waals surface area (Å²) in [6.07, 6.45) is 2.13. The van der Waals surface area contributed by atoms with Crippen molar-refractivity contribution in [1.29, 1.82) is 0 Å². The van der Waals surface area contributed by atoms with Gasteiger partial charge in [-0.05, 0) is 23.8 Å². The molecule has 98 valence electrons. The molecule has 2 aromatic rings. The van der Waals surface area contributed by atoms with Crippen LogP contribution in [0.2, 0.25) is 15.1 Å². The number of methoxy groups -OCH3 is 1. The van der Waals surface area contributed by atoms with Crippen LogP contribution >= 0.6 is 34.8 Å². The van der Waals surface area contributed by atoms with Crippen LogP contribution in [0.3, 0.4) is 0 Å².